The van der Waals surface area contributed by atoms with E-state index in [1.54, 1.807) is 23.0 Å². The molecule has 6 heterocycles. The molecule has 0 aliphatic carbocycles. The molecule has 3 aliphatic heterocycles. The second-order valence-electron chi connectivity index (χ2n) is 7.97. The molecule has 6 rings (SSSR count). The minimum atomic E-state index is -3.06. The number of carbonyl (C=O) groups excluding carboxylic acids is 1. The summed E-state index contributed by atoms with van der Waals surface area (Å²) >= 11 is 0. The second-order valence-corrected chi connectivity index (χ2v) is 7.97. The van der Waals surface area contributed by atoms with Gasteiger partial charge in [0.05, 0.1) is 10.9 Å². The predicted octanol–water partition coefficient (Wildman–Crippen LogP) is 2.44. The zero-order valence-corrected chi connectivity index (χ0v) is 16.6. The maximum absolute atomic E-state index is 13.9. The average Bonchev–Trinajstić information content (AvgIpc) is 3.05. The largest absolute Gasteiger partial charge is 0.351 e. The Morgan fingerprint density at radius 2 is 2.03 bits per heavy atom. The average molecular weight is 413 g/mol. The Kier molecular flexibility index (Phi) is 4.21. The third kappa shape index (κ3) is 3.26. The molecule has 2 atom stereocenters. The number of carbonyl (C=O) groups is 1. The van der Waals surface area contributed by atoms with Gasteiger partial charge in [-0.25, -0.2) is 14.6 Å². The summed E-state index contributed by atoms with van der Waals surface area (Å²) in [6.45, 7) is 3.85. The Morgan fingerprint density at radius 1 is 1.30 bits per heavy atom. The van der Waals surface area contributed by atoms with Crippen LogP contribution in [0.2, 0.25) is 0 Å². The monoisotopic (exact) mass is 413 g/mol. The topological polar surface area (TPSA) is 88.0 Å². The Bertz CT molecular complexity index is 1120. The highest BCUT2D eigenvalue weighted by Gasteiger charge is 2.38. The number of nitrogens with zero attached hydrogens (tertiary/aromatic N) is 5. The minimum Gasteiger partial charge on any atom is -0.351 e. The Morgan fingerprint density at radius 3 is 2.70 bits per heavy atom. The van der Waals surface area contributed by atoms with E-state index in [1.807, 2.05) is 0 Å². The van der Waals surface area contributed by atoms with Gasteiger partial charge in [0.25, 0.3) is 5.92 Å². The summed E-state index contributed by atoms with van der Waals surface area (Å²) < 4.78 is 29.2. The number of nitrogens with one attached hydrogen (secondary N) is 2. The van der Waals surface area contributed by atoms with E-state index >= 15 is 0 Å². The number of amides is 1. The molecule has 3 aliphatic rings. The van der Waals surface area contributed by atoms with Gasteiger partial charge in [0.15, 0.2) is 11.6 Å². The van der Waals surface area contributed by atoms with Crippen LogP contribution in [0.4, 0.5) is 20.4 Å². The van der Waals surface area contributed by atoms with E-state index in [1.165, 1.54) is 19.1 Å². The van der Waals surface area contributed by atoms with Crippen molar-refractivity contribution >= 4 is 28.4 Å². The number of piperidine rings is 1. The fraction of sp³-hybridized carbons (Fsp3) is 0.400. The molecular weight excluding hydrogens is 392 g/mol. The molecule has 10 heteroatoms. The zero-order chi connectivity index (χ0) is 21.0. The molecule has 3 saturated heterocycles. The second kappa shape index (κ2) is 6.69. The van der Waals surface area contributed by atoms with Crippen LogP contribution in [0.25, 0.3) is 16.7 Å². The number of alkyl halides is 2. The molecule has 0 saturated carbocycles. The van der Waals surface area contributed by atoms with E-state index in [2.05, 4.69) is 25.5 Å². The van der Waals surface area contributed by atoms with Gasteiger partial charge in [-0.2, -0.15) is 8.78 Å². The highest BCUT2D eigenvalue weighted by Crippen LogP contribution is 2.33. The van der Waals surface area contributed by atoms with Crippen LogP contribution in [0, 0.1) is 0 Å². The summed E-state index contributed by atoms with van der Waals surface area (Å²) in [6.07, 6.45) is 2.81. The molecule has 0 radical (unpaired) electrons. The SMILES string of the molecule is CC(=O)Nc1cc2c(cn1)c(N1CC3CC(C1)N3)nn2-c1cccc(C(C)(F)F)n1. The first-order valence-electron chi connectivity index (χ1n) is 9.81. The van der Waals surface area contributed by atoms with Crippen molar-refractivity contribution < 1.29 is 13.6 Å². The van der Waals surface area contributed by atoms with E-state index < -0.39 is 5.92 Å². The minimum absolute atomic E-state index is 0.249. The summed E-state index contributed by atoms with van der Waals surface area (Å²) in [5.41, 5.74) is 0.310. The van der Waals surface area contributed by atoms with Crippen molar-refractivity contribution in [1.29, 1.82) is 0 Å². The molecule has 0 aromatic carbocycles. The highest BCUT2D eigenvalue weighted by molar-refractivity contribution is 5.95. The Labute approximate surface area is 171 Å². The van der Waals surface area contributed by atoms with E-state index in [0.29, 0.717) is 23.4 Å². The van der Waals surface area contributed by atoms with Crippen molar-refractivity contribution in [2.24, 2.45) is 0 Å². The van der Waals surface area contributed by atoms with Gasteiger partial charge in [-0.05, 0) is 18.6 Å². The first-order chi connectivity index (χ1) is 14.3. The Hall–Kier alpha value is -3.14. The van der Waals surface area contributed by atoms with Crippen LogP contribution in [0.3, 0.4) is 0 Å². The fourth-order valence-electron chi connectivity index (χ4n) is 4.12. The van der Waals surface area contributed by atoms with Gasteiger partial charge >= 0.3 is 0 Å². The summed E-state index contributed by atoms with van der Waals surface area (Å²) in [5.74, 6) is -1.93. The van der Waals surface area contributed by atoms with E-state index in [9.17, 15) is 13.6 Å². The summed E-state index contributed by atoms with van der Waals surface area (Å²) in [5, 5.41) is 11.7. The molecule has 8 nitrogen and oxygen atoms in total. The molecular formula is C20H21F2N7O. The number of fused-ring (bicyclic) bond motifs is 3. The van der Waals surface area contributed by atoms with Crippen molar-refractivity contribution in [3.05, 3.63) is 36.2 Å². The summed E-state index contributed by atoms with van der Waals surface area (Å²) in [6, 6.07) is 7.02. The van der Waals surface area contributed by atoms with Crippen LogP contribution in [0.1, 0.15) is 26.0 Å². The van der Waals surface area contributed by atoms with Crippen LogP contribution in [-0.2, 0) is 10.7 Å². The van der Waals surface area contributed by atoms with Gasteiger partial charge in [0.1, 0.15) is 11.5 Å². The number of rotatable bonds is 4. The maximum Gasteiger partial charge on any atom is 0.287 e. The lowest BCUT2D eigenvalue weighted by Gasteiger charge is -2.48. The zero-order valence-electron chi connectivity index (χ0n) is 16.6. The standard InChI is InChI=1S/C20H21F2N7O/c1-11(30)24-17-7-15-14(8-23-17)19(28-9-12-6-13(10-28)25-12)27-29(15)18-5-3-4-16(26-18)20(2,21)22/h3-5,7-8,12-13,25H,6,9-10H2,1-2H3,(H,23,24,30). The lowest BCUT2D eigenvalue weighted by Crippen LogP contribution is -2.67. The molecule has 30 heavy (non-hydrogen) atoms. The molecule has 3 fully saturated rings. The molecule has 156 valence electrons. The predicted molar refractivity (Wildman–Crippen MR) is 108 cm³/mol. The molecule has 2 unspecified atom stereocenters. The van der Waals surface area contributed by atoms with Crippen LogP contribution < -0.4 is 15.5 Å². The molecule has 2 N–H and O–H groups in total. The molecule has 3 aromatic rings. The first kappa shape index (κ1) is 18.9. The fourth-order valence-corrected chi connectivity index (χ4v) is 4.12. The number of piperazine rings is 1. The molecule has 0 spiro atoms. The van der Waals surface area contributed by atoms with Crippen molar-refractivity contribution in [2.75, 3.05) is 23.3 Å². The quantitative estimate of drug-likeness (QED) is 0.683. The maximum atomic E-state index is 13.9. The molecule has 2 bridgehead atoms. The van der Waals surface area contributed by atoms with Crippen molar-refractivity contribution in [2.45, 2.75) is 38.3 Å². The van der Waals surface area contributed by atoms with Crippen LogP contribution in [0.5, 0.6) is 0 Å². The Balaban J connectivity index is 1.65. The van der Waals surface area contributed by atoms with E-state index in [-0.39, 0.29) is 17.4 Å². The smallest absolute Gasteiger partial charge is 0.287 e. The lowest BCUT2D eigenvalue weighted by atomic mass is 9.91. The number of halogens is 2. The molecule has 1 amide bonds. The van der Waals surface area contributed by atoms with Gasteiger partial charge in [-0.3, -0.25) is 4.79 Å². The van der Waals surface area contributed by atoms with Gasteiger partial charge in [0.2, 0.25) is 5.91 Å². The number of anilines is 2. The number of hydrogen-bond acceptors (Lipinski definition) is 6. The number of pyridine rings is 2. The molecule has 3 aromatic heterocycles. The van der Waals surface area contributed by atoms with Crippen molar-refractivity contribution in [3.8, 4) is 5.82 Å². The highest BCUT2D eigenvalue weighted by atomic mass is 19.3. The van der Waals surface area contributed by atoms with Gasteiger partial charge in [0, 0.05) is 51.3 Å². The van der Waals surface area contributed by atoms with E-state index in [0.717, 1.165) is 37.6 Å². The first-order valence-corrected chi connectivity index (χ1v) is 9.81. The third-order valence-electron chi connectivity index (χ3n) is 5.47. The van der Waals surface area contributed by atoms with Crippen molar-refractivity contribution in [1.82, 2.24) is 25.1 Å². The number of hydrogen-bond donors (Lipinski definition) is 2. The van der Waals surface area contributed by atoms with Crippen LogP contribution in [0.15, 0.2) is 30.5 Å². The lowest BCUT2D eigenvalue weighted by molar-refractivity contribution is -0.114. The van der Waals surface area contributed by atoms with Crippen molar-refractivity contribution in [3.63, 3.8) is 0 Å². The third-order valence-corrected chi connectivity index (χ3v) is 5.47. The summed E-state index contributed by atoms with van der Waals surface area (Å²) in [4.78, 5) is 22.1. The van der Waals surface area contributed by atoms with E-state index in [4.69, 9.17) is 5.10 Å². The van der Waals surface area contributed by atoms with Crippen LogP contribution in [-0.4, -0.2) is 50.8 Å². The normalized spacial score (nSPS) is 20.9. The van der Waals surface area contributed by atoms with Gasteiger partial charge < -0.3 is 15.5 Å². The van der Waals surface area contributed by atoms with Gasteiger partial charge in [-0.1, -0.05) is 6.07 Å². The number of aromatic nitrogens is 4. The van der Waals surface area contributed by atoms with Gasteiger partial charge in [-0.15, -0.1) is 5.10 Å². The summed E-state index contributed by atoms with van der Waals surface area (Å²) in [7, 11) is 0. The van der Waals surface area contributed by atoms with Crippen LogP contribution >= 0.6 is 0 Å².